The molecule has 0 spiro atoms. The smallest absolute Gasteiger partial charge is 0.264 e. The van der Waals surface area contributed by atoms with Gasteiger partial charge in [0.15, 0.2) is 0 Å². The van der Waals surface area contributed by atoms with Crippen LogP contribution in [0.1, 0.15) is 19.4 Å². The Morgan fingerprint density at radius 3 is 2.46 bits per heavy atom. The summed E-state index contributed by atoms with van der Waals surface area (Å²) in [5.41, 5.74) is 2.46. The highest BCUT2D eigenvalue weighted by Gasteiger charge is 2.28. The first-order valence-electron chi connectivity index (χ1n) is 8.34. The molecule has 0 fully saturated rings. The molecule has 7 heteroatoms. The lowest BCUT2D eigenvalue weighted by atomic mass is 10.2. The van der Waals surface area contributed by atoms with Crippen LogP contribution in [0.2, 0.25) is 0 Å². The van der Waals surface area contributed by atoms with Gasteiger partial charge in [-0.3, -0.25) is 9.10 Å². The monoisotopic (exact) mass is 390 g/mol. The maximum absolute atomic E-state index is 13.0. The summed E-state index contributed by atoms with van der Waals surface area (Å²) in [6, 6.07) is 12.3. The molecule has 2 aromatic rings. The summed E-state index contributed by atoms with van der Waals surface area (Å²) >= 11 is 1.60. The van der Waals surface area contributed by atoms with Crippen molar-refractivity contribution < 1.29 is 13.2 Å². The van der Waals surface area contributed by atoms with Gasteiger partial charge in [-0.2, -0.15) is 0 Å². The molecule has 1 aliphatic rings. The van der Waals surface area contributed by atoms with Crippen molar-refractivity contribution in [3.63, 3.8) is 0 Å². The first-order valence-corrected chi connectivity index (χ1v) is 10.7. The van der Waals surface area contributed by atoms with Crippen molar-refractivity contribution >= 4 is 39.1 Å². The molecule has 0 bridgehead atoms. The molecule has 5 nitrogen and oxygen atoms in total. The highest BCUT2D eigenvalue weighted by atomic mass is 32.2. The third-order valence-corrected chi connectivity index (χ3v) is 7.34. The molecular formula is C19H22N2O3S2. The van der Waals surface area contributed by atoms with Crippen LogP contribution in [0.3, 0.4) is 0 Å². The van der Waals surface area contributed by atoms with Crippen LogP contribution < -0.4 is 9.21 Å². The van der Waals surface area contributed by atoms with Crippen LogP contribution in [-0.4, -0.2) is 33.2 Å². The van der Waals surface area contributed by atoms with Gasteiger partial charge in [0.05, 0.1) is 16.3 Å². The van der Waals surface area contributed by atoms with E-state index in [0.717, 1.165) is 16.1 Å². The minimum atomic E-state index is -3.68. The van der Waals surface area contributed by atoms with Gasteiger partial charge in [0.1, 0.15) is 0 Å². The van der Waals surface area contributed by atoms with Crippen molar-refractivity contribution in [2.24, 2.45) is 0 Å². The van der Waals surface area contributed by atoms with Crippen LogP contribution in [0.25, 0.3) is 0 Å². The van der Waals surface area contributed by atoms with E-state index in [4.69, 9.17) is 0 Å². The lowest BCUT2D eigenvalue weighted by Gasteiger charge is -2.32. The second-order valence-corrected chi connectivity index (χ2v) is 9.95. The second kappa shape index (κ2) is 6.96. The minimum absolute atomic E-state index is 0.0363. The zero-order valence-corrected chi connectivity index (χ0v) is 16.9. The average molecular weight is 391 g/mol. The number of carbonyl (C=O) groups is 1. The number of aryl methyl sites for hydroxylation is 1. The van der Waals surface area contributed by atoms with Gasteiger partial charge < -0.3 is 4.90 Å². The zero-order valence-electron chi connectivity index (χ0n) is 15.3. The molecule has 2 aromatic carbocycles. The molecule has 0 radical (unpaired) electrons. The van der Waals surface area contributed by atoms with E-state index in [1.165, 1.54) is 11.2 Å². The summed E-state index contributed by atoms with van der Waals surface area (Å²) in [4.78, 5) is 14.6. The van der Waals surface area contributed by atoms with Crippen LogP contribution in [0.15, 0.2) is 52.3 Å². The largest absolute Gasteiger partial charge is 0.310 e. The predicted molar refractivity (Wildman–Crippen MR) is 107 cm³/mol. The molecule has 1 unspecified atom stereocenters. The molecule has 3 rings (SSSR count). The summed E-state index contributed by atoms with van der Waals surface area (Å²) in [6.07, 6.45) is 0. The Morgan fingerprint density at radius 1 is 1.19 bits per heavy atom. The molecule has 0 saturated carbocycles. The van der Waals surface area contributed by atoms with E-state index in [0.29, 0.717) is 12.2 Å². The number of sulfonamides is 1. The van der Waals surface area contributed by atoms with Gasteiger partial charge in [-0.05, 0) is 37.3 Å². The Labute approximate surface area is 159 Å². The number of fused-ring (bicyclic) bond motifs is 1. The molecule has 0 N–H and O–H groups in total. The third kappa shape index (κ3) is 3.46. The fraction of sp³-hybridized carbons (Fsp3) is 0.316. The lowest BCUT2D eigenvalue weighted by molar-refractivity contribution is -0.116. The van der Waals surface area contributed by atoms with Crippen LogP contribution in [-0.2, 0) is 14.8 Å². The van der Waals surface area contributed by atoms with Gasteiger partial charge in [0.25, 0.3) is 10.0 Å². The number of amides is 1. The second-order valence-electron chi connectivity index (χ2n) is 6.50. The van der Waals surface area contributed by atoms with E-state index in [2.05, 4.69) is 0 Å². The Kier molecular flexibility index (Phi) is 5.03. The van der Waals surface area contributed by atoms with Crippen LogP contribution in [0.4, 0.5) is 11.4 Å². The maximum atomic E-state index is 13.0. The average Bonchev–Trinajstić information content (AvgIpc) is 2.60. The highest BCUT2D eigenvalue weighted by molar-refractivity contribution is 8.00. The Balaban J connectivity index is 2.00. The minimum Gasteiger partial charge on any atom is -0.310 e. The fourth-order valence-electron chi connectivity index (χ4n) is 2.93. The first-order chi connectivity index (χ1) is 12.2. The summed E-state index contributed by atoms with van der Waals surface area (Å²) in [7, 11) is -2.12. The van der Waals surface area contributed by atoms with Crippen molar-refractivity contribution in [2.75, 3.05) is 22.8 Å². The maximum Gasteiger partial charge on any atom is 0.264 e. The molecule has 1 amide bonds. The molecule has 1 aliphatic heterocycles. The predicted octanol–water partition coefficient (Wildman–Crippen LogP) is 3.67. The Morgan fingerprint density at radius 2 is 1.85 bits per heavy atom. The van der Waals surface area contributed by atoms with Crippen molar-refractivity contribution in [2.45, 2.75) is 35.8 Å². The molecule has 1 atom stereocenters. The van der Waals surface area contributed by atoms with Gasteiger partial charge >= 0.3 is 0 Å². The molecule has 1 heterocycles. The standard InChI is InChI=1S/C19H22N2O3S2/c1-13-5-7-16(8-6-13)20(4)26(23,24)17-9-10-18-19(11-17)25-14(2)12-21(18)15(3)22/h5-11,14H,12H2,1-4H3. The van der Waals surface area contributed by atoms with Gasteiger partial charge in [-0.25, -0.2) is 8.42 Å². The van der Waals surface area contributed by atoms with E-state index >= 15 is 0 Å². The molecule has 0 aromatic heterocycles. The van der Waals surface area contributed by atoms with E-state index in [1.54, 1.807) is 54.0 Å². The van der Waals surface area contributed by atoms with Crippen molar-refractivity contribution in [1.29, 1.82) is 0 Å². The van der Waals surface area contributed by atoms with E-state index in [9.17, 15) is 13.2 Å². The fourth-order valence-corrected chi connectivity index (χ4v) is 5.38. The molecular weight excluding hydrogens is 368 g/mol. The molecule has 138 valence electrons. The molecule has 26 heavy (non-hydrogen) atoms. The normalized spacial score (nSPS) is 16.9. The number of carbonyl (C=O) groups excluding carboxylic acids is 1. The van der Waals surface area contributed by atoms with E-state index < -0.39 is 10.0 Å². The first kappa shape index (κ1) is 18.8. The van der Waals surface area contributed by atoms with Crippen molar-refractivity contribution in [3.8, 4) is 0 Å². The van der Waals surface area contributed by atoms with Gasteiger partial charge in [-0.15, -0.1) is 11.8 Å². The number of benzene rings is 2. The third-order valence-electron chi connectivity index (χ3n) is 4.43. The highest BCUT2D eigenvalue weighted by Crippen LogP contribution is 2.40. The van der Waals surface area contributed by atoms with Gasteiger partial charge in [0.2, 0.25) is 5.91 Å². The van der Waals surface area contributed by atoms with Crippen LogP contribution >= 0.6 is 11.8 Å². The van der Waals surface area contributed by atoms with E-state index in [1.807, 2.05) is 26.0 Å². The molecule has 0 aliphatic carbocycles. The summed E-state index contributed by atoms with van der Waals surface area (Å²) in [5.74, 6) is -0.0363. The van der Waals surface area contributed by atoms with Crippen molar-refractivity contribution in [3.05, 3.63) is 48.0 Å². The number of hydrogen-bond acceptors (Lipinski definition) is 4. The Bertz CT molecular complexity index is 940. The number of anilines is 2. The number of rotatable bonds is 3. The number of nitrogens with zero attached hydrogens (tertiary/aromatic N) is 2. The van der Waals surface area contributed by atoms with Crippen LogP contribution in [0.5, 0.6) is 0 Å². The quantitative estimate of drug-likeness (QED) is 0.802. The number of thioether (sulfide) groups is 1. The number of hydrogen-bond donors (Lipinski definition) is 0. The van der Waals surface area contributed by atoms with E-state index in [-0.39, 0.29) is 16.1 Å². The topological polar surface area (TPSA) is 57.7 Å². The Hall–Kier alpha value is -1.99. The van der Waals surface area contributed by atoms with Gasteiger partial charge in [0, 0.05) is 30.7 Å². The SMILES string of the molecule is CC(=O)N1CC(C)Sc2cc(S(=O)(=O)N(C)c3ccc(C)cc3)ccc21. The summed E-state index contributed by atoms with van der Waals surface area (Å²) in [5, 5.41) is 0.208. The van der Waals surface area contributed by atoms with Gasteiger partial charge in [-0.1, -0.05) is 24.6 Å². The van der Waals surface area contributed by atoms with Crippen molar-refractivity contribution in [1.82, 2.24) is 0 Å². The van der Waals surface area contributed by atoms with Crippen LogP contribution in [0, 0.1) is 6.92 Å². The summed E-state index contributed by atoms with van der Waals surface area (Å²) < 4.78 is 27.4. The lowest BCUT2D eigenvalue weighted by Crippen LogP contribution is -2.37. The summed E-state index contributed by atoms with van der Waals surface area (Å²) in [6.45, 7) is 6.15. The zero-order chi connectivity index (χ0) is 19.1. The molecule has 0 saturated heterocycles.